The van der Waals surface area contributed by atoms with Crippen molar-refractivity contribution in [3.05, 3.63) is 0 Å². The zero-order valence-corrected chi connectivity index (χ0v) is 10.3. The molecule has 1 aliphatic heterocycles. The lowest BCUT2D eigenvalue weighted by Gasteiger charge is -2.26. The Labute approximate surface area is 99.1 Å². The van der Waals surface area contributed by atoms with Crippen molar-refractivity contribution in [2.24, 2.45) is 0 Å². The summed E-state index contributed by atoms with van der Waals surface area (Å²) in [7, 11) is 1.75. The van der Waals surface area contributed by atoms with Gasteiger partial charge in [-0.1, -0.05) is 0 Å². The third-order valence-electron chi connectivity index (χ3n) is 2.68. The molecule has 0 aromatic rings. The SMILES string of the molecule is CC1OCCC1N(C)C(=O)CSCC(=O)O. The molecule has 1 N–H and O–H groups in total. The standard InChI is InChI=1S/C10H17NO4S/c1-7-8(3-4-15-7)11(2)9(12)5-16-6-10(13)14/h7-8H,3-6H2,1-2H3,(H,13,14). The fourth-order valence-corrected chi connectivity index (χ4v) is 2.40. The third kappa shape index (κ3) is 3.68. The van der Waals surface area contributed by atoms with E-state index in [2.05, 4.69) is 0 Å². The maximum absolute atomic E-state index is 11.7. The second-order valence-corrected chi connectivity index (χ2v) is 4.81. The molecule has 0 bridgehead atoms. The summed E-state index contributed by atoms with van der Waals surface area (Å²) in [6, 6.07) is 0.123. The highest BCUT2D eigenvalue weighted by Gasteiger charge is 2.30. The van der Waals surface area contributed by atoms with Crippen molar-refractivity contribution in [3.63, 3.8) is 0 Å². The van der Waals surface area contributed by atoms with Crippen LogP contribution in [0, 0.1) is 0 Å². The van der Waals surface area contributed by atoms with Crippen molar-refractivity contribution in [2.75, 3.05) is 25.2 Å². The maximum Gasteiger partial charge on any atom is 0.313 e. The first-order chi connectivity index (χ1) is 7.52. The fourth-order valence-electron chi connectivity index (χ4n) is 1.74. The van der Waals surface area contributed by atoms with Crippen molar-refractivity contribution in [2.45, 2.75) is 25.5 Å². The Morgan fingerprint density at radius 1 is 1.50 bits per heavy atom. The van der Waals surface area contributed by atoms with Gasteiger partial charge in [0.05, 0.1) is 23.7 Å². The number of amides is 1. The quantitative estimate of drug-likeness (QED) is 0.763. The first-order valence-corrected chi connectivity index (χ1v) is 6.34. The summed E-state index contributed by atoms with van der Waals surface area (Å²) in [4.78, 5) is 23.7. The number of carbonyl (C=O) groups excluding carboxylic acids is 1. The van der Waals surface area contributed by atoms with E-state index in [1.54, 1.807) is 11.9 Å². The molecule has 0 aliphatic carbocycles. The highest BCUT2D eigenvalue weighted by Crippen LogP contribution is 2.18. The molecule has 6 heteroatoms. The number of ether oxygens (including phenoxy) is 1. The summed E-state index contributed by atoms with van der Waals surface area (Å²) in [6.45, 7) is 2.64. The Kier molecular flexibility index (Phi) is 5.08. The molecule has 1 fully saturated rings. The first-order valence-electron chi connectivity index (χ1n) is 5.19. The molecule has 0 saturated carbocycles. The zero-order valence-electron chi connectivity index (χ0n) is 9.51. The minimum absolute atomic E-state index is 0.0314. The van der Waals surface area contributed by atoms with Crippen molar-refractivity contribution in [3.8, 4) is 0 Å². The Morgan fingerprint density at radius 2 is 2.19 bits per heavy atom. The van der Waals surface area contributed by atoms with Crippen LogP contribution in [0.25, 0.3) is 0 Å². The van der Waals surface area contributed by atoms with Crippen LogP contribution in [0.1, 0.15) is 13.3 Å². The lowest BCUT2D eigenvalue weighted by Crippen LogP contribution is -2.42. The molecule has 16 heavy (non-hydrogen) atoms. The number of carboxylic acid groups (broad SMARTS) is 1. The van der Waals surface area contributed by atoms with Gasteiger partial charge >= 0.3 is 5.97 Å². The van der Waals surface area contributed by atoms with Crippen molar-refractivity contribution < 1.29 is 19.4 Å². The van der Waals surface area contributed by atoms with Crippen LogP contribution in [0.15, 0.2) is 0 Å². The molecule has 1 heterocycles. The number of hydrogen-bond acceptors (Lipinski definition) is 4. The molecule has 2 unspecified atom stereocenters. The Bertz CT molecular complexity index is 272. The molecular weight excluding hydrogens is 230 g/mol. The summed E-state index contributed by atoms with van der Waals surface area (Å²) >= 11 is 1.13. The van der Waals surface area contributed by atoms with Gasteiger partial charge in [-0.3, -0.25) is 9.59 Å². The van der Waals surface area contributed by atoms with Crippen molar-refractivity contribution >= 4 is 23.6 Å². The number of rotatable bonds is 5. The van der Waals surface area contributed by atoms with Gasteiger partial charge in [-0.15, -0.1) is 11.8 Å². The maximum atomic E-state index is 11.7. The van der Waals surface area contributed by atoms with Gasteiger partial charge in [0, 0.05) is 13.7 Å². The summed E-state index contributed by atoms with van der Waals surface area (Å²) in [5.41, 5.74) is 0. The van der Waals surface area contributed by atoms with Gasteiger partial charge in [-0.25, -0.2) is 0 Å². The normalized spacial score (nSPS) is 24.4. The number of nitrogens with zero attached hydrogens (tertiary/aromatic N) is 1. The van der Waals surface area contributed by atoms with E-state index in [9.17, 15) is 9.59 Å². The highest BCUT2D eigenvalue weighted by molar-refractivity contribution is 8.00. The molecule has 92 valence electrons. The third-order valence-corrected chi connectivity index (χ3v) is 3.58. The minimum Gasteiger partial charge on any atom is -0.481 e. The molecule has 1 rings (SSSR count). The first kappa shape index (κ1) is 13.3. The predicted octanol–water partition coefficient (Wildman–Crippen LogP) is 0.440. The van der Waals surface area contributed by atoms with Crippen LogP contribution in [-0.2, 0) is 14.3 Å². The molecule has 0 aromatic heterocycles. The number of likely N-dealkylation sites (N-methyl/N-ethyl adjacent to an activating group) is 1. The smallest absolute Gasteiger partial charge is 0.313 e. The number of thioether (sulfide) groups is 1. The average Bonchev–Trinajstić information content (AvgIpc) is 2.62. The van der Waals surface area contributed by atoms with Crippen LogP contribution in [0.5, 0.6) is 0 Å². The summed E-state index contributed by atoms with van der Waals surface area (Å²) < 4.78 is 5.38. The number of carboxylic acids is 1. The van der Waals surface area contributed by atoms with E-state index in [1.165, 1.54) is 0 Å². The second kappa shape index (κ2) is 6.10. The van der Waals surface area contributed by atoms with Crippen LogP contribution >= 0.6 is 11.8 Å². The molecular formula is C10H17NO4S. The van der Waals surface area contributed by atoms with E-state index in [-0.39, 0.29) is 29.6 Å². The minimum atomic E-state index is -0.891. The number of aliphatic carboxylic acids is 1. The van der Waals surface area contributed by atoms with Gasteiger partial charge in [0.25, 0.3) is 0 Å². The van der Waals surface area contributed by atoms with Gasteiger partial charge in [0.15, 0.2) is 0 Å². The van der Waals surface area contributed by atoms with Crippen molar-refractivity contribution in [1.29, 1.82) is 0 Å². The average molecular weight is 247 g/mol. The molecule has 2 atom stereocenters. The fraction of sp³-hybridized carbons (Fsp3) is 0.800. The van der Waals surface area contributed by atoms with Gasteiger partial charge in [0.1, 0.15) is 0 Å². The molecule has 5 nitrogen and oxygen atoms in total. The summed E-state index contributed by atoms with van der Waals surface area (Å²) in [6.07, 6.45) is 0.922. The zero-order chi connectivity index (χ0) is 12.1. The molecule has 0 radical (unpaired) electrons. The number of carbonyl (C=O) groups is 2. The monoisotopic (exact) mass is 247 g/mol. The van der Waals surface area contributed by atoms with E-state index >= 15 is 0 Å². The van der Waals surface area contributed by atoms with Crippen LogP contribution in [0.4, 0.5) is 0 Å². The van der Waals surface area contributed by atoms with Crippen molar-refractivity contribution in [1.82, 2.24) is 4.90 Å². The summed E-state index contributed by atoms with van der Waals surface area (Å²) in [5, 5.41) is 8.45. The highest BCUT2D eigenvalue weighted by atomic mass is 32.2. The van der Waals surface area contributed by atoms with Crippen LogP contribution in [-0.4, -0.2) is 59.2 Å². The van der Waals surface area contributed by atoms with Crippen LogP contribution in [0.3, 0.4) is 0 Å². The van der Waals surface area contributed by atoms with Gasteiger partial charge < -0.3 is 14.7 Å². The lowest BCUT2D eigenvalue weighted by atomic mass is 10.1. The molecule has 0 spiro atoms. The van der Waals surface area contributed by atoms with Crippen LogP contribution < -0.4 is 0 Å². The molecule has 1 saturated heterocycles. The second-order valence-electron chi connectivity index (χ2n) is 3.82. The van der Waals surface area contributed by atoms with E-state index < -0.39 is 5.97 Å². The Hall–Kier alpha value is -0.750. The van der Waals surface area contributed by atoms with Gasteiger partial charge in [0.2, 0.25) is 5.91 Å². The Morgan fingerprint density at radius 3 is 2.69 bits per heavy atom. The lowest BCUT2D eigenvalue weighted by molar-refractivity contribution is -0.133. The van der Waals surface area contributed by atoms with E-state index in [0.717, 1.165) is 18.2 Å². The summed E-state index contributed by atoms with van der Waals surface area (Å²) in [5.74, 6) is -0.742. The Balaban J connectivity index is 2.32. The molecule has 0 aromatic carbocycles. The predicted molar refractivity (Wildman–Crippen MR) is 61.5 cm³/mol. The van der Waals surface area contributed by atoms with Crippen LogP contribution in [0.2, 0.25) is 0 Å². The van der Waals surface area contributed by atoms with E-state index in [0.29, 0.717) is 6.61 Å². The molecule has 1 amide bonds. The van der Waals surface area contributed by atoms with Gasteiger partial charge in [-0.05, 0) is 13.3 Å². The van der Waals surface area contributed by atoms with E-state index in [1.807, 2.05) is 6.92 Å². The van der Waals surface area contributed by atoms with Gasteiger partial charge in [-0.2, -0.15) is 0 Å². The van der Waals surface area contributed by atoms with E-state index in [4.69, 9.17) is 9.84 Å². The number of hydrogen-bond donors (Lipinski definition) is 1. The molecule has 1 aliphatic rings. The largest absolute Gasteiger partial charge is 0.481 e. The topological polar surface area (TPSA) is 66.8 Å².